The molecule has 2 unspecified atom stereocenters. The molecule has 2 aliphatic heterocycles. The molecule has 0 radical (unpaired) electrons. The van der Waals surface area contributed by atoms with E-state index in [2.05, 4.69) is 16.3 Å². The lowest BCUT2D eigenvalue weighted by molar-refractivity contribution is 0.301. The highest BCUT2D eigenvalue weighted by atomic mass is 16.5. The third-order valence-corrected chi connectivity index (χ3v) is 4.39. The van der Waals surface area contributed by atoms with Crippen LogP contribution in [0.15, 0.2) is 24.3 Å². The van der Waals surface area contributed by atoms with Crippen LogP contribution in [0, 0.1) is 11.3 Å². The van der Waals surface area contributed by atoms with Crippen LogP contribution in [0.2, 0.25) is 0 Å². The van der Waals surface area contributed by atoms with Gasteiger partial charge in [-0.3, -0.25) is 4.90 Å². The maximum atomic E-state index is 9.71. The standard InChI is InChI=1S/C15H19N3O/c1-19-13-6-3-2-5-12(13)17-15(11-16)8-10-18-9-4-7-14(15)18/h2-3,5-6,14,17H,4,7-10H2,1H3. The smallest absolute Gasteiger partial charge is 0.142 e. The minimum Gasteiger partial charge on any atom is -0.495 e. The number of hydrogen-bond acceptors (Lipinski definition) is 4. The lowest BCUT2D eigenvalue weighted by Crippen LogP contribution is -2.46. The summed E-state index contributed by atoms with van der Waals surface area (Å²) in [5, 5.41) is 13.2. The van der Waals surface area contributed by atoms with E-state index in [4.69, 9.17) is 4.74 Å². The van der Waals surface area contributed by atoms with Gasteiger partial charge in [0.25, 0.3) is 0 Å². The Labute approximate surface area is 114 Å². The van der Waals surface area contributed by atoms with Crippen molar-refractivity contribution in [2.45, 2.75) is 30.8 Å². The van der Waals surface area contributed by atoms with Crippen LogP contribution in [0.25, 0.3) is 0 Å². The molecule has 19 heavy (non-hydrogen) atoms. The summed E-state index contributed by atoms with van der Waals surface area (Å²) in [5.41, 5.74) is 0.450. The fourth-order valence-corrected chi connectivity index (χ4v) is 3.43. The molecule has 2 aliphatic rings. The Morgan fingerprint density at radius 1 is 1.42 bits per heavy atom. The third kappa shape index (κ3) is 1.95. The molecule has 4 nitrogen and oxygen atoms in total. The third-order valence-electron chi connectivity index (χ3n) is 4.39. The number of nitriles is 1. The van der Waals surface area contributed by atoms with E-state index >= 15 is 0 Å². The lowest BCUT2D eigenvalue weighted by Gasteiger charge is -2.31. The monoisotopic (exact) mass is 257 g/mol. The lowest BCUT2D eigenvalue weighted by atomic mass is 9.89. The van der Waals surface area contributed by atoms with Crippen molar-refractivity contribution < 1.29 is 4.74 Å². The molecule has 0 amide bonds. The number of ether oxygens (including phenoxy) is 1. The molecule has 0 aromatic heterocycles. The fraction of sp³-hybridized carbons (Fsp3) is 0.533. The van der Waals surface area contributed by atoms with Crippen LogP contribution in [0.5, 0.6) is 5.75 Å². The molecule has 2 saturated heterocycles. The van der Waals surface area contributed by atoms with Crippen molar-refractivity contribution in [3.63, 3.8) is 0 Å². The molecule has 100 valence electrons. The Balaban J connectivity index is 1.90. The van der Waals surface area contributed by atoms with Crippen molar-refractivity contribution >= 4 is 5.69 Å². The summed E-state index contributed by atoms with van der Waals surface area (Å²) in [6.45, 7) is 2.14. The van der Waals surface area contributed by atoms with Crippen LogP contribution in [-0.2, 0) is 0 Å². The van der Waals surface area contributed by atoms with Crippen molar-refractivity contribution in [2.24, 2.45) is 0 Å². The number of methoxy groups -OCH3 is 1. The second-order valence-electron chi connectivity index (χ2n) is 5.35. The highest BCUT2D eigenvalue weighted by Crippen LogP contribution is 2.39. The van der Waals surface area contributed by atoms with E-state index < -0.39 is 5.54 Å². The first-order valence-electron chi connectivity index (χ1n) is 6.85. The van der Waals surface area contributed by atoms with Gasteiger partial charge in [0.1, 0.15) is 11.3 Å². The van der Waals surface area contributed by atoms with Crippen molar-refractivity contribution in [3.05, 3.63) is 24.3 Å². The van der Waals surface area contributed by atoms with Crippen LogP contribution in [0.4, 0.5) is 5.69 Å². The summed E-state index contributed by atoms with van der Waals surface area (Å²) in [7, 11) is 1.66. The predicted octanol–water partition coefficient (Wildman–Crippen LogP) is 2.24. The van der Waals surface area contributed by atoms with Crippen LogP contribution >= 0.6 is 0 Å². The summed E-state index contributed by atoms with van der Waals surface area (Å²) in [4.78, 5) is 2.44. The van der Waals surface area contributed by atoms with Gasteiger partial charge in [-0.05, 0) is 37.9 Å². The van der Waals surface area contributed by atoms with Gasteiger partial charge in [0.05, 0.1) is 18.9 Å². The summed E-state index contributed by atoms with van der Waals surface area (Å²) < 4.78 is 5.37. The van der Waals surface area contributed by atoms with Crippen molar-refractivity contribution in [3.8, 4) is 11.8 Å². The second-order valence-corrected chi connectivity index (χ2v) is 5.35. The summed E-state index contributed by atoms with van der Waals surface area (Å²) in [6, 6.07) is 10.7. The zero-order chi connectivity index (χ0) is 13.3. The molecular weight excluding hydrogens is 238 g/mol. The van der Waals surface area contributed by atoms with Gasteiger partial charge < -0.3 is 10.1 Å². The molecule has 4 heteroatoms. The Hall–Kier alpha value is -1.73. The Kier molecular flexibility index (Phi) is 3.08. The van der Waals surface area contributed by atoms with Gasteiger partial charge in [0.2, 0.25) is 0 Å². The number of nitrogens with one attached hydrogen (secondary N) is 1. The number of nitrogens with zero attached hydrogens (tertiary/aromatic N) is 2. The fourth-order valence-electron chi connectivity index (χ4n) is 3.43. The Morgan fingerprint density at radius 2 is 2.26 bits per heavy atom. The van der Waals surface area contributed by atoms with Gasteiger partial charge in [0.15, 0.2) is 0 Å². The number of hydrogen-bond donors (Lipinski definition) is 1. The Morgan fingerprint density at radius 3 is 3.05 bits per heavy atom. The molecule has 0 bridgehead atoms. The van der Waals surface area contributed by atoms with Gasteiger partial charge in [-0.15, -0.1) is 0 Å². The van der Waals surface area contributed by atoms with Crippen LogP contribution in [0.1, 0.15) is 19.3 Å². The van der Waals surface area contributed by atoms with E-state index in [0.717, 1.165) is 37.4 Å². The van der Waals surface area contributed by atoms with Gasteiger partial charge in [-0.1, -0.05) is 12.1 Å². The zero-order valence-electron chi connectivity index (χ0n) is 11.2. The number of rotatable bonds is 3. The number of benzene rings is 1. The molecule has 2 atom stereocenters. The maximum Gasteiger partial charge on any atom is 0.142 e. The maximum absolute atomic E-state index is 9.71. The first kappa shape index (κ1) is 12.3. The largest absolute Gasteiger partial charge is 0.495 e. The van der Waals surface area contributed by atoms with Gasteiger partial charge in [-0.2, -0.15) is 5.26 Å². The van der Waals surface area contributed by atoms with E-state index in [9.17, 15) is 5.26 Å². The average Bonchev–Trinajstić information content (AvgIpc) is 3.03. The van der Waals surface area contributed by atoms with Gasteiger partial charge in [0, 0.05) is 12.6 Å². The van der Waals surface area contributed by atoms with E-state index in [0.29, 0.717) is 6.04 Å². The normalized spacial score (nSPS) is 29.8. The molecule has 1 aromatic carbocycles. The Bertz CT molecular complexity index is 510. The van der Waals surface area contributed by atoms with E-state index in [1.807, 2.05) is 24.3 Å². The van der Waals surface area contributed by atoms with E-state index in [1.54, 1.807) is 7.11 Å². The SMILES string of the molecule is COc1ccccc1NC1(C#N)CCN2CCCC21. The average molecular weight is 257 g/mol. The molecule has 2 fully saturated rings. The molecule has 0 spiro atoms. The van der Waals surface area contributed by atoms with Crippen molar-refractivity contribution in [2.75, 3.05) is 25.5 Å². The minimum absolute atomic E-state index is 0.336. The summed E-state index contributed by atoms with van der Waals surface area (Å²) in [6.07, 6.45) is 3.18. The summed E-state index contributed by atoms with van der Waals surface area (Å²) >= 11 is 0. The molecule has 0 saturated carbocycles. The number of para-hydroxylation sites is 2. The van der Waals surface area contributed by atoms with Crippen LogP contribution < -0.4 is 10.1 Å². The van der Waals surface area contributed by atoms with Crippen LogP contribution in [0.3, 0.4) is 0 Å². The number of anilines is 1. The quantitative estimate of drug-likeness (QED) is 0.902. The first-order valence-corrected chi connectivity index (χ1v) is 6.85. The molecule has 1 N–H and O–H groups in total. The first-order chi connectivity index (χ1) is 9.29. The van der Waals surface area contributed by atoms with Crippen LogP contribution in [-0.4, -0.2) is 36.7 Å². The summed E-state index contributed by atoms with van der Waals surface area (Å²) in [5.74, 6) is 0.800. The number of fused-ring (bicyclic) bond motifs is 1. The topological polar surface area (TPSA) is 48.3 Å². The minimum atomic E-state index is -0.467. The van der Waals surface area contributed by atoms with E-state index in [1.165, 1.54) is 6.42 Å². The van der Waals surface area contributed by atoms with Gasteiger partial charge >= 0.3 is 0 Å². The molecule has 3 rings (SSSR count). The van der Waals surface area contributed by atoms with Crippen molar-refractivity contribution in [1.29, 1.82) is 5.26 Å². The highest BCUT2D eigenvalue weighted by molar-refractivity contribution is 5.59. The predicted molar refractivity (Wildman–Crippen MR) is 74.2 cm³/mol. The second kappa shape index (κ2) is 4.75. The highest BCUT2D eigenvalue weighted by Gasteiger charge is 2.50. The molecule has 0 aliphatic carbocycles. The van der Waals surface area contributed by atoms with Gasteiger partial charge in [-0.25, -0.2) is 0 Å². The zero-order valence-corrected chi connectivity index (χ0v) is 11.2. The molecular formula is C15H19N3O. The molecule has 1 aromatic rings. The molecule has 2 heterocycles. The van der Waals surface area contributed by atoms with E-state index in [-0.39, 0.29) is 0 Å². The van der Waals surface area contributed by atoms with Crippen molar-refractivity contribution in [1.82, 2.24) is 4.90 Å².